The summed E-state index contributed by atoms with van der Waals surface area (Å²) in [6.45, 7) is 8.09. The fraction of sp³-hybridized carbons (Fsp3) is 0.333. The van der Waals surface area contributed by atoms with E-state index in [9.17, 15) is 9.59 Å². The number of benzene rings is 3. The molecule has 37 heavy (non-hydrogen) atoms. The predicted octanol–water partition coefficient (Wildman–Crippen LogP) is 6.76. The van der Waals surface area contributed by atoms with Crippen LogP contribution in [0.4, 0.5) is 0 Å². The maximum Gasteiger partial charge on any atom is 0.261 e. The first-order valence-electron chi connectivity index (χ1n) is 12.5. The van der Waals surface area contributed by atoms with Crippen LogP contribution in [-0.2, 0) is 22.6 Å². The van der Waals surface area contributed by atoms with Crippen LogP contribution in [0.2, 0.25) is 0 Å². The zero-order chi connectivity index (χ0) is 26.9. The summed E-state index contributed by atoms with van der Waals surface area (Å²) in [4.78, 5) is 28.9. The molecule has 5 nitrogen and oxygen atoms in total. The fourth-order valence-corrected chi connectivity index (χ4v) is 4.49. The highest BCUT2D eigenvalue weighted by Crippen LogP contribution is 2.26. The summed E-state index contributed by atoms with van der Waals surface area (Å²) in [5, 5.41) is 3.09. The third kappa shape index (κ3) is 8.44. The highest BCUT2D eigenvalue weighted by Gasteiger charge is 2.31. The molecular formula is C30H34Br2N2O3. The monoisotopic (exact) mass is 628 g/mol. The van der Waals surface area contributed by atoms with Crippen LogP contribution in [0.1, 0.15) is 42.5 Å². The molecule has 1 N–H and O–H groups in total. The average molecular weight is 630 g/mol. The molecule has 3 rings (SSSR count). The van der Waals surface area contributed by atoms with E-state index in [1.807, 2.05) is 94.4 Å². The molecule has 0 radical (unpaired) electrons. The van der Waals surface area contributed by atoms with Gasteiger partial charge in [-0.15, -0.1) is 0 Å². The van der Waals surface area contributed by atoms with Gasteiger partial charge >= 0.3 is 0 Å². The van der Waals surface area contributed by atoms with Crippen LogP contribution in [0.5, 0.6) is 5.75 Å². The molecule has 0 aliphatic carbocycles. The molecular weight excluding hydrogens is 596 g/mol. The van der Waals surface area contributed by atoms with E-state index in [2.05, 4.69) is 37.2 Å². The lowest BCUT2D eigenvalue weighted by molar-refractivity contribution is -0.143. The number of hydrogen-bond acceptors (Lipinski definition) is 3. The molecule has 0 bridgehead atoms. The number of carbonyl (C=O) groups excluding carboxylic acids is 2. The van der Waals surface area contributed by atoms with Crippen LogP contribution in [0.25, 0.3) is 0 Å². The molecule has 196 valence electrons. The molecule has 7 heteroatoms. The summed E-state index contributed by atoms with van der Waals surface area (Å²) in [5.41, 5.74) is 3.98. The van der Waals surface area contributed by atoms with E-state index in [4.69, 9.17) is 4.74 Å². The highest BCUT2D eigenvalue weighted by molar-refractivity contribution is 9.10. The Morgan fingerprint density at radius 1 is 0.946 bits per heavy atom. The van der Waals surface area contributed by atoms with Gasteiger partial charge in [0.2, 0.25) is 5.91 Å². The van der Waals surface area contributed by atoms with Gasteiger partial charge in [-0.05, 0) is 73.7 Å². The SMILES string of the molecule is CCC(C)NC(=O)C(Cc1ccccc1)N(Cc1ccc(Br)cc1)C(=O)COc1cc(C)c(Br)c(C)c1. The second-order valence-electron chi connectivity index (χ2n) is 9.33. The Balaban J connectivity index is 1.92. The van der Waals surface area contributed by atoms with E-state index in [-0.39, 0.29) is 24.5 Å². The van der Waals surface area contributed by atoms with E-state index >= 15 is 0 Å². The van der Waals surface area contributed by atoms with Crippen molar-refractivity contribution < 1.29 is 14.3 Å². The number of hydrogen-bond donors (Lipinski definition) is 1. The smallest absolute Gasteiger partial charge is 0.261 e. The Labute approximate surface area is 236 Å². The van der Waals surface area contributed by atoms with Gasteiger partial charge in [-0.25, -0.2) is 0 Å². The summed E-state index contributed by atoms with van der Waals surface area (Å²) in [5.74, 6) is 0.208. The number of rotatable bonds is 11. The van der Waals surface area contributed by atoms with E-state index in [1.165, 1.54) is 0 Å². The molecule has 0 saturated carbocycles. The van der Waals surface area contributed by atoms with Gasteiger partial charge in [-0.2, -0.15) is 0 Å². The molecule has 0 aliphatic rings. The van der Waals surface area contributed by atoms with Gasteiger partial charge < -0.3 is 15.0 Å². The number of halogens is 2. The normalized spacial score (nSPS) is 12.5. The van der Waals surface area contributed by atoms with Crippen molar-refractivity contribution in [2.45, 2.75) is 59.2 Å². The van der Waals surface area contributed by atoms with E-state index in [1.54, 1.807) is 4.90 Å². The van der Waals surface area contributed by atoms with Crippen molar-refractivity contribution in [1.82, 2.24) is 10.2 Å². The van der Waals surface area contributed by atoms with Crippen molar-refractivity contribution in [2.75, 3.05) is 6.61 Å². The number of carbonyl (C=O) groups is 2. The molecule has 3 aromatic rings. The predicted molar refractivity (Wildman–Crippen MR) is 156 cm³/mol. The van der Waals surface area contributed by atoms with Crippen LogP contribution >= 0.6 is 31.9 Å². The maximum absolute atomic E-state index is 13.7. The first-order valence-corrected chi connectivity index (χ1v) is 14.0. The zero-order valence-electron chi connectivity index (χ0n) is 21.8. The summed E-state index contributed by atoms with van der Waals surface area (Å²) >= 11 is 7.04. The van der Waals surface area contributed by atoms with Crippen molar-refractivity contribution in [2.24, 2.45) is 0 Å². The van der Waals surface area contributed by atoms with Crippen LogP contribution in [0.3, 0.4) is 0 Å². The molecule has 0 spiro atoms. The molecule has 2 atom stereocenters. The summed E-state index contributed by atoms with van der Waals surface area (Å²) < 4.78 is 7.93. The van der Waals surface area contributed by atoms with Crippen LogP contribution in [0.15, 0.2) is 75.7 Å². The quantitative estimate of drug-likeness (QED) is 0.255. The zero-order valence-corrected chi connectivity index (χ0v) is 24.9. The summed E-state index contributed by atoms with van der Waals surface area (Å²) in [6, 6.07) is 20.7. The molecule has 3 aromatic carbocycles. The number of amides is 2. The number of aryl methyl sites for hydroxylation is 2. The minimum Gasteiger partial charge on any atom is -0.484 e. The molecule has 0 heterocycles. The maximum atomic E-state index is 13.7. The molecule has 0 aromatic heterocycles. The summed E-state index contributed by atoms with van der Waals surface area (Å²) in [6.07, 6.45) is 1.21. The van der Waals surface area contributed by atoms with Gasteiger partial charge in [-0.1, -0.05) is 81.2 Å². The molecule has 0 aliphatic heterocycles. The lowest BCUT2D eigenvalue weighted by Crippen LogP contribution is -2.53. The van der Waals surface area contributed by atoms with Gasteiger partial charge in [0.25, 0.3) is 5.91 Å². The van der Waals surface area contributed by atoms with Crippen molar-refractivity contribution in [3.8, 4) is 5.75 Å². The summed E-state index contributed by atoms with van der Waals surface area (Å²) in [7, 11) is 0. The standard InChI is InChI=1S/C30H34Br2N2O3/c1-5-22(4)33-30(36)27(17-23-9-7-6-8-10-23)34(18-24-11-13-25(31)14-12-24)28(35)19-37-26-15-20(2)29(32)21(3)16-26/h6-16,22,27H,5,17-19H2,1-4H3,(H,33,36). The van der Waals surface area contributed by atoms with Crippen LogP contribution in [-0.4, -0.2) is 35.4 Å². The van der Waals surface area contributed by atoms with Gasteiger partial charge in [-0.3, -0.25) is 9.59 Å². The Morgan fingerprint density at radius 3 is 2.16 bits per heavy atom. The van der Waals surface area contributed by atoms with Crippen molar-refractivity contribution in [1.29, 1.82) is 0 Å². The van der Waals surface area contributed by atoms with Gasteiger partial charge in [0.05, 0.1) is 0 Å². The van der Waals surface area contributed by atoms with Crippen molar-refractivity contribution >= 4 is 43.7 Å². The molecule has 2 unspecified atom stereocenters. The van der Waals surface area contributed by atoms with Crippen molar-refractivity contribution in [3.63, 3.8) is 0 Å². The Kier molecular flexibility index (Phi) is 10.8. The first kappa shape index (κ1) is 28.9. The lowest BCUT2D eigenvalue weighted by Gasteiger charge is -2.32. The third-order valence-corrected chi connectivity index (χ3v) is 8.09. The Hall–Kier alpha value is -2.64. The minimum absolute atomic E-state index is 0.000344. The Morgan fingerprint density at radius 2 is 1.57 bits per heavy atom. The van der Waals surface area contributed by atoms with E-state index in [0.717, 1.165) is 37.6 Å². The largest absolute Gasteiger partial charge is 0.484 e. The number of nitrogens with one attached hydrogen (secondary N) is 1. The van der Waals surface area contributed by atoms with Gasteiger partial charge in [0.1, 0.15) is 11.8 Å². The third-order valence-electron chi connectivity index (χ3n) is 6.31. The van der Waals surface area contributed by atoms with E-state index < -0.39 is 6.04 Å². The fourth-order valence-electron chi connectivity index (χ4n) is 4.00. The average Bonchev–Trinajstić information content (AvgIpc) is 2.89. The number of ether oxygens (including phenoxy) is 1. The highest BCUT2D eigenvalue weighted by atomic mass is 79.9. The lowest BCUT2D eigenvalue weighted by atomic mass is 10.0. The van der Waals surface area contributed by atoms with E-state index in [0.29, 0.717) is 18.7 Å². The second kappa shape index (κ2) is 13.8. The van der Waals surface area contributed by atoms with Crippen LogP contribution in [0, 0.1) is 13.8 Å². The van der Waals surface area contributed by atoms with Gasteiger partial charge in [0.15, 0.2) is 6.61 Å². The Bertz CT molecular complexity index is 1180. The van der Waals surface area contributed by atoms with Crippen molar-refractivity contribution in [3.05, 3.63) is 97.9 Å². The topological polar surface area (TPSA) is 58.6 Å². The second-order valence-corrected chi connectivity index (χ2v) is 11.0. The van der Waals surface area contributed by atoms with Crippen LogP contribution < -0.4 is 10.1 Å². The molecule has 0 fully saturated rings. The first-order chi connectivity index (χ1) is 17.7. The number of nitrogens with zero attached hydrogens (tertiary/aromatic N) is 1. The minimum atomic E-state index is -0.690. The van der Waals surface area contributed by atoms with Gasteiger partial charge in [0, 0.05) is 28.0 Å². The molecule has 0 saturated heterocycles. The molecule has 2 amide bonds.